The molecule has 0 unspecified atom stereocenters. The fourth-order valence-corrected chi connectivity index (χ4v) is 5.05. The second kappa shape index (κ2) is 11.6. The Labute approximate surface area is 223 Å². The van der Waals surface area contributed by atoms with Gasteiger partial charge in [0.2, 0.25) is 5.91 Å². The molecule has 0 aliphatic carbocycles. The van der Waals surface area contributed by atoms with Crippen LogP contribution in [0.25, 0.3) is 11.3 Å². The number of para-hydroxylation sites is 1. The number of piperidine rings is 1. The van der Waals surface area contributed by atoms with E-state index in [0.717, 1.165) is 28.3 Å². The molecule has 1 fully saturated rings. The molecule has 0 spiro atoms. The summed E-state index contributed by atoms with van der Waals surface area (Å²) in [7, 11) is 3.76. The van der Waals surface area contributed by atoms with Crippen molar-refractivity contribution in [2.75, 3.05) is 45.2 Å². The van der Waals surface area contributed by atoms with Crippen LogP contribution in [0.4, 0.5) is 5.69 Å². The summed E-state index contributed by atoms with van der Waals surface area (Å²) in [5.74, 6) is 0.761. The van der Waals surface area contributed by atoms with Crippen LogP contribution in [0.2, 0.25) is 5.02 Å². The summed E-state index contributed by atoms with van der Waals surface area (Å²) in [6.07, 6.45) is 3.22. The van der Waals surface area contributed by atoms with E-state index >= 15 is 0 Å². The topological polar surface area (TPSA) is 81.5 Å². The molecule has 37 heavy (non-hydrogen) atoms. The van der Waals surface area contributed by atoms with Crippen LogP contribution in [0.15, 0.2) is 60.8 Å². The van der Waals surface area contributed by atoms with Crippen LogP contribution in [0.5, 0.6) is 5.75 Å². The van der Waals surface area contributed by atoms with Gasteiger partial charge in [0.05, 0.1) is 35.6 Å². The summed E-state index contributed by atoms with van der Waals surface area (Å²) in [5, 5.41) is 13.5. The lowest BCUT2D eigenvalue weighted by Gasteiger charge is -2.44. The summed E-state index contributed by atoms with van der Waals surface area (Å²) in [6.45, 7) is 4.19. The number of hydrogen-bond acceptors (Lipinski definition) is 6. The first kappa shape index (κ1) is 26.5. The van der Waals surface area contributed by atoms with E-state index in [9.17, 15) is 10.1 Å². The normalized spacial score (nSPS) is 14.8. The summed E-state index contributed by atoms with van der Waals surface area (Å²) < 4.78 is 5.79. The highest BCUT2D eigenvalue weighted by Crippen LogP contribution is 2.37. The zero-order valence-electron chi connectivity index (χ0n) is 21.5. The average Bonchev–Trinajstić information content (AvgIpc) is 2.89. The Morgan fingerprint density at radius 1 is 1.19 bits per heavy atom. The standard InChI is InChI=1S/C29H32ClN5O2/c1-4-37-27-8-6-5-7-24(27)25-11-9-22(19-32-25)29(33-28(36)20-34(2)3)13-15-35(16-14-29)26-12-10-23(30)17-21(26)18-31/h5-12,17,19H,4,13-16,20H2,1-3H3,(H,33,36). The van der Waals surface area contributed by atoms with E-state index in [4.69, 9.17) is 21.3 Å². The fourth-order valence-electron chi connectivity index (χ4n) is 4.88. The highest BCUT2D eigenvalue weighted by molar-refractivity contribution is 6.30. The van der Waals surface area contributed by atoms with Crippen LogP contribution < -0.4 is 15.0 Å². The van der Waals surface area contributed by atoms with Gasteiger partial charge >= 0.3 is 0 Å². The third-order valence-corrected chi connectivity index (χ3v) is 6.89. The van der Waals surface area contributed by atoms with Crippen LogP contribution in [0.3, 0.4) is 0 Å². The molecule has 0 bridgehead atoms. The van der Waals surface area contributed by atoms with Gasteiger partial charge in [-0.1, -0.05) is 29.8 Å². The van der Waals surface area contributed by atoms with E-state index < -0.39 is 5.54 Å². The maximum absolute atomic E-state index is 12.9. The molecule has 0 atom stereocenters. The first-order valence-corrected chi connectivity index (χ1v) is 12.8. The Morgan fingerprint density at radius 3 is 2.59 bits per heavy atom. The number of likely N-dealkylation sites (N-methyl/N-ethyl adjacent to an activating group) is 1. The zero-order valence-corrected chi connectivity index (χ0v) is 22.3. The van der Waals surface area contributed by atoms with Gasteiger partial charge in [-0.3, -0.25) is 9.78 Å². The molecule has 1 saturated heterocycles. The average molecular weight is 518 g/mol. The number of carbonyl (C=O) groups is 1. The number of ether oxygens (including phenoxy) is 1. The maximum Gasteiger partial charge on any atom is 0.234 e. The van der Waals surface area contributed by atoms with Gasteiger partial charge in [-0.25, -0.2) is 0 Å². The number of aromatic nitrogens is 1. The minimum absolute atomic E-state index is 0.0339. The van der Waals surface area contributed by atoms with E-state index in [1.165, 1.54) is 0 Å². The van der Waals surface area contributed by atoms with Crippen molar-refractivity contribution in [2.24, 2.45) is 0 Å². The molecule has 192 valence electrons. The van der Waals surface area contributed by atoms with Crippen molar-refractivity contribution in [3.8, 4) is 23.1 Å². The molecular formula is C29H32ClN5O2. The van der Waals surface area contributed by atoms with Gasteiger partial charge < -0.3 is 19.9 Å². The first-order valence-electron chi connectivity index (χ1n) is 12.4. The summed E-state index contributed by atoms with van der Waals surface area (Å²) in [6, 6.07) is 19.6. The number of rotatable bonds is 8. The van der Waals surface area contributed by atoms with Crippen molar-refractivity contribution in [3.63, 3.8) is 0 Å². The van der Waals surface area contributed by atoms with Gasteiger partial charge in [0.25, 0.3) is 0 Å². The molecule has 1 aliphatic rings. The van der Waals surface area contributed by atoms with Crippen molar-refractivity contribution < 1.29 is 9.53 Å². The molecule has 1 aliphatic heterocycles. The summed E-state index contributed by atoms with van der Waals surface area (Å²) in [5.41, 5.74) is 3.57. The molecular weight excluding hydrogens is 486 g/mol. The minimum atomic E-state index is -0.562. The van der Waals surface area contributed by atoms with Crippen molar-refractivity contribution in [1.82, 2.24) is 15.2 Å². The lowest BCUT2D eigenvalue weighted by Crippen LogP contribution is -2.54. The van der Waals surface area contributed by atoms with Crippen LogP contribution in [0.1, 0.15) is 30.9 Å². The third kappa shape index (κ3) is 6.04. The van der Waals surface area contributed by atoms with Crippen LogP contribution in [-0.4, -0.2) is 56.1 Å². The van der Waals surface area contributed by atoms with Crippen molar-refractivity contribution in [1.29, 1.82) is 5.26 Å². The molecule has 7 nitrogen and oxygen atoms in total. The Hall–Kier alpha value is -3.60. The number of nitriles is 1. The SMILES string of the molecule is CCOc1ccccc1-c1ccc(C2(NC(=O)CN(C)C)CCN(c3ccc(Cl)cc3C#N)CC2)cn1. The molecule has 2 aromatic carbocycles. The number of amides is 1. The van der Waals surface area contributed by atoms with Crippen molar-refractivity contribution in [2.45, 2.75) is 25.3 Å². The lowest BCUT2D eigenvalue weighted by molar-refractivity contribution is -0.124. The second-order valence-corrected chi connectivity index (χ2v) is 9.93. The highest BCUT2D eigenvalue weighted by Gasteiger charge is 2.38. The maximum atomic E-state index is 12.9. The minimum Gasteiger partial charge on any atom is -0.493 e. The molecule has 2 heterocycles. The number of nitrogens with one attached hydrogen (secondary N) is 1. The van der Waals surface area contributed by atoms with Crippen molar-refractivity contribution in [3.05, 3.63) is 76.9 Å². The van der Waals surface area contributed by atoms with E-state index in [2.05, 4.69) is 22.4 Å². The molecule has 1 amide bonds. The number of halogens is 1. The van der Waals surface area contributed by atoms with E-state index in [-0.39, 0.29) is 5.91 Å². The summed E-state index contributed by atoms with van der Waals surface area (Å²) >= 11 is 6.11. The zero-order chi connectivity index (χ0) is 26.4. The van der Waals surface area contributed by atoms with Gasteiger partial charge in [0.15, 0.2) is 0 Å². The predicted octanol–water partition coefficient (Wildman–Crippen LogP) is 4.85. The fraction of sp³-hybridized carbons (Fsp3) is 0.345. The molecule has 8 heteroatoms. The van der Waals surface area contributed by atoms with E-state index in [0.29, 0.717) is 49.7 Å². The van der Waals surface area contributed by atoms with E-state index in [1.54, 1.807) is 12.1 Å². The van der Waals surface area contributed by atoms with Crippen molar-refractivity contribution >= 4 is 23.2 Å². The number of pyridine rings is 1. The van der Waals surface area contributed by atoms with Crippen LogP contribution >= 0.6 is 11.6 Å². The van der Waals surface area contributed by atoms with Gasteiger partial charge in [-0.2, -0.15) is 5.26 Å². The Bertz CT molecular complexity index is 1280. The number of carbonyl (C=O) groups excluding carboxylic acids is 1. The Kier molecular flexibility index (Phi) is 8.32. The van der Waals surface area contributed by atoms with Gasteiger partial charge in [0, 0.05) is 29.9 Å². The third-order valence-electron chi connectivity index (χ3n) is 6.65. The number of hydrogen-bond donors (Lipinski definition) is 1. The van der Waals surface area contributed by atoms with Crippen LogP contribution in [-0.2, 0) is 10.3 Å². The Balaban J connectivity index is 1.62. The molecule has 1 aromatic heterocycles. The van der Waals surface area contributed by atoms with E-state index in [1.807, 2.05) is 68.5 Å². The lowest BCUT2D eigenvalue weighted by atomic mass is 9.81. The largest absolute Gasteiger partial charge is 0.493 e. The first-order chi connectivity index (χ1) is 17.8. The number of nitrogens with zero attached hydrogens (tertiary/aromatic N) is 4. The molecule has 1 N–H and O–H groups in total. The van der Waals surface area contributed by atoms with Gasteiger partial charge in [-0.05, 0) is 75.8 Å². The highest BCUT2D eigenvalue weighted by atomic mass is 35.5. The predicted molar refractivity (Wildman–Crippen MR) is 147 cm³/mol. The second-order valence-electron chi connectivity index (χ2n) is 9.49. The number of benzene rings is 2. The Morgan fingerprint density at radius 2 is 1.95 bits per heavy atom. The molecule has 0 saturated carbocycles. The molecule has 3 aromatic rings. The van der Waals surface area contributed by atoms with Gasteiger partial charge in [0.1, 0.15) is 11.8 Å². The smallest absolute Gasteiger partial charge is 0.234 e. The van der Waals surface area contributed by atoms with Gasteiger partial charge in [-0.15, -0.1) is 0 Å². The molecule has 4 rings (SSSR count). The number of anilines is 1. The van der Waals surface area contributed by atoms with Crippen LogP contribution in [0, 0.1) is 11.3 Å². The monoisotopic (exact) mass is 517 g/mol. The quantitative estimate of drug-likeness (QED) is 0.460. The molecule has 0 radical (unpaired) electrons. The summed E-state index contributed by atoms with van der Waals surface area (Å²) in [4.78, 5) is 21.8.